The second kappa shape index (κ2) is 6.21. The second-order valence-electron chi connectivity index (χ2n) is 4.82. The third kappa shape index (κ3) is 3.47. The lowest BCUT2D eigenvalue weighted by Gasteiger charge is -2.09. The van der Waals surface area contributed by atoms with Crippen molar-refractivity contribution < 1.29 is 14.7 Å². The van der Waals surface area contributed by atoms with Crippen molar-refractivity contribution >= 4 is 11.9 Å². The molecule has 1 amide bonds. The summed E-state index contributed by atoms with van der Waals surface area (Å²) >= 11 is 0. The standard InChI is InChI=1S/C15H17N3O3/c1-10(15(20)21)17-14(19)13-8-16-18(11(13)2)9-12-6-4-3-5-7-12/h3-8,10H,9H2,1-2H3,(H,17,19)(H,20,21). The van der Waals surface area contributed by atoms with Gasteiger partial charge in [-0.05, 0) is 19.4 Å². The Balaban J connectivity index is 2.13. The summed E-state index contributed by atoms with van der Waals surface area (Å²) in [4.78, 5) is 22.8. The number of rotatable bonds is 5. The summed E-state index contributed by atoms with van der Waals surface area (Å²) in [5.41, 5.74) is 2.17. The molecule has 0 spiro atoms. The van der Waals surface area contributed by atoms with Crippen LogP contribution in [0, 0.1) is 6.92 Å². The zero-order chi connectivity index (χ0) is 15.4. The molecule has 0 radical (unpaired) electrons. The van der Waals surface area contributed by atoms with Gasteiger partial charge in [-0.3, -0.25) is 14.3 Å². The Kier molecular flexibility index (Phi) is 4.37. The van der Waals surface area contributed by atoms with E-state index >= 15 is 0 Å². The van der Waals surface area contributed by atoms with Crippen LogP contribution in [-0.2, 0) is 11.3 Å². The van der Waals surface area contributed by atoms with Crippen LogP contribution in [0.25, 0.3) is 0 Å². The molecule has 1 aromatic heterocycles. The lowest BCUT2D eigenvalue weighted by Crippen LogP contribution is -2.38. The first kappa shape index (κ1) is 14.8. The zero-order valence-corrected chi connectivity index (χ0v) is 11.9. The highest BCUT2D eigenvalue weighted by molar-refractivity contribution is 5.97. The third-order valence-corrected chi connectivity index (χ3v) is 3.24. The van der Waals surface area contributed by atoms with Crippen molar-refractivity contribution in [3.63, 3.8) is 0 Å². The van der Waals surface area contributed by atoms with Gasteiger partial charge in [0.25, 0.3) is 5.91 Å². The second-order valence-corrected chi connectivity index (χ2v) is 4.82. The molecule has 110 valence electrons. The quantitative estimate of drug-likeness (QED) is 0.871. The van der Waals surface area contributed by atoms with Gasteiger partial charge in [0, 0.05) is 5.69 Å². The van der Waals surface area contributed by atoms with Gasteiger partial charge in [0.1, 0.15) is 6.04 Å². The van der Waals surface area contributed by atoms with Crippen LogP contribution in [-0.4, -0.2) is 32.8 Å². The lowest BCUT2D eigenvalue weighted by molar-refractivity contribution is -0.138. The van der Waals surface area contributed by atoms with Gasteiger partial charge in [0.2, 0.25) is 0 Å². The molecule has 1 unspecified atom stereocenters. The van der Waals surface area contributed by atoms with Crippen LogP contribution in [0.15, 0.2) is 36.5 Å². The van der Waals surface area contributed by atoms with Gasteiger partial charge >= 0.3 is 5.97 Å². The molecule has 1 heterocycles. The fourth-order valence-electron chi connectivity index (χ4n) is 1.92. The van der Waals surface area contributed by atoms with E-state index in [1.807, 2.05) is 30.3 Å². The van der Waals surface area contributed by atoms with Gasteiger partial charge in [-0.15, -0.1) is 0 Å². The molecule has 0 aliphatic heterocycles. The first-order chi connectivity index (χ1) is 9.99. The molecule has 2 aromatic rings. The number of aliphatic carboxylic acids is 1. The number of carbonyl (C=O) groups excluding carboxylic acids is 1. The summed E-state index contributed by atoms with van der Waals surface area (Å²) in [5.74, 6) is -1.50. The Labute approximate surface area is 122 Å². The number of amides is 1. The minimum Gasteiger partial charge on any atom is -0.480 e. The van der Waals surface area contributed by atoms with Gasteiger partial charge in [-0.2, -0.15) is 5.10 Å². The Bertz CT molecular complexity index is 649. The minimum atomic E-state index is -1.07. The maximum atomic E-state index is 12.0. The van der Waals surface area contributed by atoms with E-state index in [9.17, 15) is 9.59 Å². The molecule has 1 aromatic carbocycles. The van der Waals surface area contributed by atoms with E-state index in [0.717, 1.165) is 5.56 Å². The monoisotopic (exact) mass is 287 g/mol. The third-order valence-electron chi connectivity index (χ3n) is 3.24. The molecule has 0 saturated heterocycles. The van der Waals surface area contributed by atoms with Crippen LogP contribution in [0.3, 0.4) is 0 Å². The molecule has 21 heavy (non-hydrogen) atoms. The van der Waals surface area contributed by atoms with E-state index in [4.69, 9.17) is 5.11 Å². The average Bonchev–Trinajstić information content (AvgIpc) is 2.81. The van der Waals surface area contributed by atoms with Gasteiger partial charge < -0.3 is 10.4 Å². The zero-order valence-electron chi connectivity index (χ0n) is 11.9. The number of nitrogens with one attached hydrogen (secondary N) is 1. The molecule has 6 nitrogen and oxygen atoms in total. The normalized spacial score (nSPS) is 11.9. The van der Waals surface area contributed by atoms with Gasteiger partial charge in [-0.25, -0.2) is 0 Å². The number of carbonyl (C=O) groups is 2. The summed E-state index contributed by atoms with van der Waals surface area (Å²) in [6.07, 6.45) is 1.46. The van der Waals surface area contributed by atoms with E-state index < -0.39 is 17.9 Å². The number of aromatic nitrogens is 2. The highest BCUT2D eigenvalue weighted by Crippen LogP contribution is 2.10. The molecule has 2 rings (SSSR count). The predicted octanol–water partition coefficient (Wildman–Crippen LogP) is 1.44. The molecule has 6 heteroatoms. The van der Waals surface area contributed by atoms with Crippen LogP contribution in [0.2, 0.25) is 0 Å². The molecular weight excluding hydrogens is 270 g/mol. The SMILES string of the molecule is Cc1c(C(=O)NC(C)C(=O)O)cnn1Cc1ccccc1. The van der Waals surface area contributed by atoms with Crippen molar-refractivity contribution in [2.75, 3.05) is 0 Å². The number of carboxylic acids is 1. The molecule has 0 saturated carbocycles. The van der Waals surface area contributed by atoms with Crippen LogP contribution in [0.4, 0.5) is 0 Å². The summed E-state index contributed by atoms with van der Waals surface area (Å²) in [5, 5.41) is 15.4. The molecule has 1 atom stereocenters. The summed E-state index contributed by atoms with van der Waals surface area (Å²) < 4.78 is 1.72. The Morgan fingerprint density at radius 3 is 2.62 bits per heavy atom. The van der Waals surface area contributed by atoms with Crippen LogP contribution < -0.4 is 5.32 Å². The van der Waals surface area contributed by atoms with Crippen molar-refractivity contribution in [1.29, 1.82) is 0 Å². The predicted molar refractivity (Wildman–Crippen MR) is 77.1 cm³/mol. The topological polar surface area (TPSA) is 84.2 Å². The molecular formula is C15H17N3O3. The molecule has 0 aliphatic carbocycles. The van der Waals surface area contributed by atoms with E-state index in [0.29, 0.717) is 17.8 Å². The van der Waals surface area contributed by atoms with Crippen molar-refractivity contribution in [2.45, 2.75) is 26.4 Å². The average molecular weight is 287 g/mol. The largest absolute Gasteiger partial charge is 0.480 e. The number of hydrogen-bond donors (Lipinski definition) is 2. The van der Waals surface area contributed by atoms with Crippen molar-refractivity contribution in [3.8, 4) is 0 Å². The molecule has 0 aliphatic rings. The summed E-state index contributed by atoms with van der Waals surface area (Å²) in [7, 11) is 0. The van der Waals surface area contributed by atoms with E-state index in [-0.39, 0.29) is 0 Å². The highest BCUT2D eigenvalue weighted by Gasteiger charge is 2.19. The highest BCUT2D eigenvalue weighted by atomic mass is 16.4. The Morgan fingerprint density at radius 2 is 2.00 bits per heavy atom. The molecule has 2 N–H and O–H groups in total. The number of carboxylic acid groups (broad SMARTS) is 1. The van der Waals surface area contributed by atoms with E-state index in [2.05, 4.69) is 10.4 Å². The number of nitrogens with zero attached hydrogens (tertiary/aromatic N) is 2. The first-order valence-electron chi connectivity index (χ1n) is 6.59. The maximum Gasteiger partial charge on any atom is 0.325 e. The minimum absolute atomic E-state index is 0.388. The van der Waals surface area contributed by atoms with Gasteiger partial charge in [0.05, 0.1) is 18.3 Å². The van der Waals surface area contributed by atoms with Gasteiger partial charge in [-0.1, -0.05) is 30.3 Å². The Hall–Kier alpha value is -2.63. The van der Waals surface area contributed by atoms with Crippen molar-refractivity contribution in [3.05, 3.63) is 53.3 Å². The summed E-state index contributed by atoms with van der Waals surface area (Å²) in [6.45, 7) is 3.77. The smallest absolute Gasteiger partial charge is 0.325 e. The maximum absolute atomic E-state index is 12.0. The summed E-state index contributed by atoms with van der Waals surface area (Å²) in [6, 6.07) is 8.84. The fourth-order valence-corrected chi connectivity index (χ4v) is 1.92. The van der Waals surface area contributed by atoms with Crippen LogP contribution in [0.5, 0.6) is 0 Å². The van der Waals surface area contributed by atoms with Crippen molar-refractivity contribution in [2.24, 2.45) is 0 Å². The van der Waals surface area contributed by atoms with Crippen molar-refractivity contribution in [1.82, 2.24) is 15.1 Å². The fraction of sp³-hybridized carbons (Fsp3) is 0.267. The number of hydrogen-bond acceptors (Lipinski definition) is 3. The lowest BCUT2D eigenvalue weighted by atomic mass is 10.2. The van der Waals surface area contributed by atoms with Gasteiger partial charge in [0.15, 0.2) is 0 Å². The molecule has 0 bridgehead atoms. The molecule has 0 fully saturated rings. The number of benzene rings is 1. The van der Waals surface area contributed by atoms with Crippen LogP contribution in [0.1, 0.15) is 28.5 Å². The van der Waals surface area contributed by atoms with E-state index in [1.165, 1.54) is 13.1 Å². The first-order valence-corrected chi connectivity index (χ1v) is 6.59. The van der Waals surface area contributed by atoms with E-state index in [1.54, 1.807) is 11.6 Å². The Morgan fingerprint density at radius 1 is 1.33 bits per heavy atom. The van der Waals surface area contributed by atoms with Crippen LogP contribution >= 0.6 is 0 Å².